The van der Waals surface area contributed by atoms with Gasteiger partial charge in [0.05, 0.1) is 0 Å². The molecule has 0 bridgehead atoms. The van der Waals surface area contributed by atoms with E-state index in [4.69, 9.17) is 4.74 Å². The van der Waals surface area contributed by atoms with Crippen LogP contribution in [0.2, 0.25) is 0 Å². The molecule has 1 aliphatic rings. The number of rotatable bonds is 2. The minimum atomic E-state index is -0.619. The van der Waals surface area contributed by atoms with Crippen LogP contribution in [0.25, 0.3) is 0 Å². The maximum absolute atomic E-state index is 11.4. The van der Waals surface area contributed by atoms with Gasteiger partial charge in [0.1, 0.15) is 0 Å². The Morgan fingerprint density at radius 1 is 1.44 bits per heavy atom. The first-order valence-corrected chi connectivity index (χ1v) is 5.09. The summed E-state index contributed by atoms with van der Waals surface area (Å²) in [4.78, 5) is 26.5. The van der Waals surface area contributed by atoms with E-state index in [0.29, 0.717) is 18.7 Å². The van der Waals surface area contributed by atoms with Crippen molar-refractivity contribution >= 4 is 11.8 Å². The van der Waals surface area contributed by atoms with E-state index >= 15 is 0 Å². The van der Waals surface area contributed by atoms with Gasteiger partial charge in [-0.3, -0.25) is 14.9 Å². The Kier molecular flexibility index (Phi) is 2.85. The van der Waals surface area contributed by atoms with Gasteiger partial charge in [-0.15, -0.1) is 0 Å². The number of aryl methyl sites for hydroxylation is 1. The van der Waals surface area contributed by atoms with Crippen molar-refractivity contribution < 1.29 is 14.3 Å². The van der Waals surface area contributed by atoms with Gasteiger partial charge in [-0.05, 0) is 13.0 Å². The van der Waals surface area contributed by atoms with Gasteiger partial charge in [0.2, 0.25) is 11.8 Å². The van der Waals surface area contributed by atoms with Crippen LogP contribution in [0.15, 0.2) is 18.2 Å². The zero-order valence-corrected chi connectivity index (χ0v) is 8.90. The lowest BCUT2D eigenvalue weighted by atomic mass is 10.1. The number of amides is 2. The second-order valence-corrected chi connectivity index (χ2v) is 3.67. The Bertz CT molecular complexity index is 431. The third-order valence-electron chi connectivity index (χ3n) is 2.31. The third-order valence-corrected chi connectivity index (χ3v) is 2.31. The molecule has 1 aliphatic heterocycles. The van der Waals surface area contributed by atoms with Crippen LogP contribution in [-0.4, -0.2) is 22.9 Å². The Hall–Kier alpha value is -1.91. The molecule has 16 heavy (non-hydrogen) atoms. The Labute approximate surface area is 92.8 Å². The van der Waals surface area contributed by atoms with E-state index in [-0.39, 0.29) is 11.8 Å². The summed E-state index contributed by atoms with van der Waals surface area (Å²) in [5.41, 5.74) is 0.824. The molecule has 0 saturated carbocycles. The van der Waals surface area contributed by atoms with Crippen LogP contribution < -0.4 is 10.1 Å². The van der Waals surface area contributed by atoms with Crippen LogP contribution in [0.1, 0.15) is 18.5 Å². The number of ether oxygens (including phenoxy) is 1. The number of nitrogens with one attached hydrogen (secondary N) is 1. The fraction of sp³-hybridized carbons (Fsp3) is 0.364. The minimum absolute atomic E-state index is 0.248. The first kappa shape index (κ1) is 10.6. The van der Waals surface area contributed by atoms with Gasteiger partial charge in [0.25, 0.3) is 5.91 Å². The van der Waals surface area contributed by atoms with Crippen molar-refractivity contribution in [1.82, 2.24) is 10.3 Å². The minimum Gasteiger partial charge on any atom is -0.464 e. The van der Waals surface area contributed by atoms with Crippen molar-refractivity contribution in [3.63, 3.8) is 0 Å². The van der Waals surface area contributed by atoms with Crippen molar-refractivity contribution in [2.45, 2.75) is 25.9 Å². The predicted octanol–water partition coefficient (Wildman–Crippen LogP) is 0.574. The SMILES string of the molecule is Cc1cccc(OC2CCC(=O)NC2=O)n1. The van der Waals surface area contributed by atoms with E-state index in [2.05, 4.69) is 10.3 Å². The van der Waals surface area contributed by atoms with E-state index in [1.165, 1.54) is 0 Å². The summed E-state index contributed by atoms with van der Waals surface area (Å²) in [7, 11) is 0. The number of hydrogen-bond acceptors (Lipinski definition) is 4. The summed E-state index contributed by atoms with van der Waals surface area (Å²) in [5, 5.41) is 2.23. The maximum Gasteiger partial charge on any atom is 0.267 e. The number of imide groups is 1. The van der Waals surface area contributed by atoms with Crippen molar-refractivity contribution in [1.29, 1.82) is 0 Å². The summed E-state index contributed by atoms with van der Waals surface area (Å²) >= 11 is 0. The van der Waals surface area contributed by atoms with Crippen molar-refractivity contribution in [2.75, 3.05) is 0 Å². The van der Waals surface area contributed by atoms with E-state index in [0.717, 1.165) is 5.69 Å². The lowest BCUT2D eigenvalue weighted by Gasteiger charge is -2.21. The molecule has 2 rings (SSSR count). The van der Waals surface area contributed by atoms with Gasteiger partial charge in [-0.2, -0.15) is 0 Å². The smallest absolute Gasteiger partial charge is 0.267 e. The fourth-order valence-electron chi connectivity index (χ4n) is 1.52. The van der Waals surface area contributed by atoms with Crippen LogP contribution in [0.3, 0.4) is 0 Å². The Morgan fingerprint density at radius 3 is 2.94 bits per heavy atom. The van der Waals surface area contributed by atoms with Gasteiger partial charge in [0, 0.05) is 24.6 Å². The zero-order valence-electron chi connectivity index (χ0n) is 8.90. The summed E-state index contributed by atoms with van der Waals surface area (Å²) in [6, 6.07) is 5.34. The number of carbonyl (C=O) groups is 2. The Balaban J connectivity index is 2.05. The normalized spacial score (nSPS) is 20.4. The molecule has 84 valence electrons. The molecular weight excluding hydrogens is 208 g/mol. The zero-order chi connectivity index (χ0) is 11.5. The first-order chi connectivity index (χ1) is 7.65. The van der Waals surface area contributed by atoms with Crippen molar-refractivity contribution in [3.05, 3.63) is 23.9 Å². The van der Waals surface area contributed by atoms with Crippen LogP contribution in [0.4, 0.5) is 0 Å². The topological polar surface area (TPSA) is 68.3 Å². The predicted molar refractivity (Wildman–Crippen MR) is 55.8 cm³/mol. The van der Waals surface area contributed by atoms with Crippen molar-refractivity contribution in [2.24, 2.45) is 0 Å². The van der Waals surface area contributed by atoms with Gasteiger partial charge in [-0.25, -0.2) is 4.98 Å². The number of nitrogens with zero attached hydrogens (tertiary/aromatic N) is 1. The molecule has 1 N–H and O–H groups in total. The molecule has 1 unspecified atom stereocenters. The first-order valence-electron chi connectivity index (χ1n) is 5.09. The summed E-state index contributed by atoms with van der Waals surface area (Å²) < 4.78 is 5.42. The lowest BCUT2D eigenvalue weighted by molar-refractivity contribution is -0.139. The van der Waals surface area contributed by atoms with E-state index in [1.54, 1.807) is 6.07 Å². The molecular formula is C11H12N2O3. The summed E-state index contributed by atoms with van der Waals surface area (Å²) in [5.74, 6) is -0.226. The number of piperidine rings is 1. The summed E-state index contributed by atoms with van der Waals surface area (Å²) in [6.45, 7) is 1.84. The van der Waals surface area contributed by atoms with Gasteiger partial charge in [0.15, 0.2) is 6.10 Å². The quantitative estimate of drug-likeness (QED) is 0.740. The third kappa shape index (κ3) is 2.36. The van der Waals surface area contributed by atoms with E-state index < -0.39 is 6.10 Å². The molecule has 0 radical (unpaired) electrons. The van der Waals surface area contributed by atoms with E-state index in [1.807, 2.05) is 19.1 Å². The molecule has 0 aliphatic carbocycles. The standard InChI is InChI=1S/C11H12N2O3/c1-7-3-2-4-10(12-7)16-8-5-6-9(14)13-11(8)15/h2-4,8H,5-6H2,1H3,(H,13,14,15). The highest BCUT2D eigenvalue weighted by atomic mass is 16.5. The van der Waals surface area contributed by atoms with Crippen LogP contribution in [-0.2, 0) is 9.59 Å². The Morgan fingerprint density at radius 2 is 2.25 bits per heavy atom. The largest absolute Gasteiger partial charge is 0.464 e. The lowest BCUT2D eigenvalue weighted by Crippen LogP contribution is -2.46. The maximum atomic E-state index is 11.4. The van der Waals surface area contributed by atoms with E-state index in [9.17, 15) is 9.59 Å². The second kappa shape index (κ2) is 4.30. The number of carbonyl (C=O) groups excluding carboxylic acids is 2. The molecule has 1 aromatic rings. The highest BCUT2D eigenvalue weighted by Crippen LogP contribution is 2.14. The van der Waals surface area contributed by atoms with Gasteiger partial charge in [-0.1, -0.05) is 6.07 Å². The molecule has 1 aromatic heterocycles. The number of hydrogen-bond donors (Lipinski definition) is 1. The van der Waals surface area contributed by atoms with Crippen LogP contribution >= 0.6 is 0 Å². The number of pyridine rings is 1. The summed E-state index contributed by atoms with van der Waals surface area (Å²) in [6.07, 6.45) is 0.0923. The molecule has 1 saturated heterocycles. The van der Waals surface area contributed by atoms with Gasteiger partial charge >= 0.3 is 0 Å². The highest BCUT2D eigenvalue weighted by molar-refractivity contribution is 5.99. The average molecular weight is 220 g/mol. The molecule has 0 spiro atoms. The molecule has 2 amide bonds. The molecule has 2 heterocycles. The molecule has 0 aromatic carbocycles. The van der Waals surface area contributed by atoms with Gasteiger partial charge < -0.3 is 4.74 Å². The molecule has 1 atom stereocenters. The van der Waals surface area contributed by atoms with Crippen molar-refractivity contribution in [3.8, 4) is 5.88 Å². The molecule has 1 fully saturated rings. The number of aromatic nitrogens is 1. The highest BCUT2D eigenvalue weighted by Gasteiger charge is 2.28. The molecule has 5 nitrogen and oxygen atoms in total. The average Bonchev–Trinajstić information content (AvgIpc) is 2.22. The monoisotopic (exact) mass is 220 g/mol. The van der Waals surface area contributed by atoms with Crippen LogP contribution in [0.5, 0.6) is 5.88 Å². The van der Waals surface area contributed by atoms with Crippen LogP contribution in [0, 0.1) is 6.92 Å². The second-order valence-electron chi connectivity index (χ2n) is 3.67. The fourth-order valence-corrected chi connectivity index (χ4v) is 1.52. The molecule has 5 heteroatoms.